The van der Waals surface area contributed by atoms with E-state index in [2.05, 4.69) is 6.92 Å². The molecule has 0 spiro atoms. The van der Waals surface area contributed by atoms with Crippen molar-refractivity contribution in [1.29, 1.82) is 0 Å². The van der Waals surface area contributed by atoms with Gasteiger partial charge in [0.2, 0.25) is 5.91 Å². The Kier molecular flexibility index (Phi) is 8.38. The fraction of sp³-hybridized carbons (Fsp3) is 0.917. The van der Waals surface area contributed by atoms with Gasteiger partial charge in [0, 0.05) is 13.0 Å². The summed E-state index contributed by atoms with van der Waals surface area (Å²) >= 11 is 0. The molecule has 1 atom stereocenters. The summed E-state index contributed by atoms with van der Waals surface area (Å²) in [5.74, 6) is 5.56. The third-order valence-corrected chi connectivity index (χ3v) is 2.81. The van der Waals surface area contributed by atoms with Crippen LogP contribution in [0.15, 0.2) is 0 Å². The number of carbonyl (C=O) groups is 1. The highest BCUT2D eigenvalue weighted by molar-refractivity contribution is 5.72. The highest BCUT2D eigenvalue weighted by Crippen LogP contribution is 2.10. The van der Waals surface area contributed by atoms with Crippen molar-refractivity contribution >= 4 is 5.91 Å². The van der Waals surface area contributed by atoms with Crippen molar-refractivity contribution in [2.45, 2.75) is 71.8 Å². The number of nitrogens with zero attached hydrogens (tertiary/aromatic N) is 1. The number of carbonyl (C=O) groups excluding carboxylic acids is 1. The van der Waals surface area contributed by atoms with Crippen molar-refractivity contribution < 1.29 is 4.79 Å². The molecule has 0 fully saturated rings. The van der Waals surface area contributed by atoms with Gasteiger partial charge >= 0.3 is 0 Å². The van der Waals surface area contributed by atoms with Gasteiger partial charge in [-0.25, -0.2) is 5.84 Å². The molecule has 0 aliphatic carbocycles. The van der Waals surface area contributed by atoms with Crippen LogP contribution >= 0.6 is 0 Å². The summed E-state index contributed by atoms with van der Waals surface area (Å²) in [6.45, 7) is 5.74. The van der Waals surface area contributed by atoms with Gasteiger partial charge in [0.05, 0.1) is 0 Å². The van der Waals surface area contributed by atoms with Gasteiger partial charge in [0.15, 0.2) is 0 Å². The number of hydrogen-bond acceptors (Lipinski definition) is 2. The lowest BCUT2D eigenvalue weighted by Gasteiger charge is -2.22. The summed E-state index contributed by atoms with van der Waals surface area (Å²) in [5, 5.41) is 1.34. The summed E-state index contributed by atoms with van der Waals surface area (Å²) < 4.78 is 0. The molecule has 0 bridgehead atoms. The van der Waals surface area contributed by atoms with E-state index in [0.717, 1.165) is 6.42 Å². The zero-order chi connectivity index (χ0) is 11.7. The van der Waals surface area contributed by atoms with E-state index in [1.807, 2.05) is 6.92 Å². The molecule has 2 N–H and O–H groups in total. The maximum Gasteiger partial charge on any atom is 0.233 e. The van der Waals surface area contributed by atoms with Crippen LogP contribution in [0, 0.1) is 0 Å². The molecule has 90 valence electrons. The van der Waals surface area contributed by atoms with Gasteiger partial charge in [-0.05, 0) is 13.3 Å². The van der Waals surface area contributed by atoms with Crippen LogP contribution in [-0.4, -0.2) is 17.0 Å². The second-order valence-corrected chi connectivity index (χ2v) is 4.33. The fourth-order valence-electron chi connectivity index (χ4n) is 1.67. The lowest BCUT2D eigenvalue weighted by Crippen LogP contribution is -2.42. The van der Waals surface area contributed by atoms with E-state index in [9.17, 15) is 4.79 Å². The molecule has 0 saturated heterocycles. The number of hydrazine groups is 1. The maximum atomic E-state index is 11.0. The van der Waals surface area contributed by atoms with E-state index in [-0.39, 0.29) is 11.9 Å². The SMILES string of the molecule is CCCCCCCCC(C)N(N)C(C)=O. The third kappa shape index (κ3) is 7.37. The Labute approximate surface area is 94.0 Å². The Bertz CT molecular complexity index is 171. The summed E-state index contributed by atoms with van der Waals surface area (Å²) in [6.07, 6.45) is 8.72. The van der Waals surface area contributed by atoms with Gasteiger partial charge in [0.1, 0.15) is 0 Å². The van der Waals surface area contributed by atoms with Gasteiger partial charge in [-0.3, -0.25) is 9.80 Å². The fourth-order valence-corrected chi connectivity index (χ4v) is 1.67. The normalized spacial score (nSPS) is 12.5. The summed E-state index contributed by atoms with van der Waals surface area (Å²) in [4.78, 5) is 11.0. The van der Waals surface area contributed by atoms with Crippen LogP contribution in [0.2, 0.25) is 0 Å². The lowest BCUT2D eigenvalue weighted by atomic mass is 10.1. The summed E-state index contributed by atoms with van der Waals surface area (Å²) in [5.41, 5.74) is 0. The first kappa shape index (κ1) is 14.4. The van der Waals surface area contributed by atoms with Crippen molar-refractivity contribution in [2.75, 3.05) is 0 Å². The van der Waals surface area contributed by atoms with Gasteiger partial charge in [-0.2, -0.15) is 0 Å². The Morgan fingerprint density at radius 3 is 2.27 bits per heavy atom. The van der Waals surface area contributed by atoms with Crippen LogP contribution in [0.3, 0.4) is 0 Å². The van der Waals surface area contributed by atoms with Crippen LogP contribution in [0.1, 0.15) is 65.7 Å². The second-order valence-electron chi connectivity index (χ2n) is 4.33. The molecule has 3 nitrogen and oxygen atoms in total. The number of rotatable bonds is 8. The van der Waals surface area contributed by atoms with Crippen molar-refractivity contribution in [1.82, 2.24) is 5.01 Å². The van der Waals surface area contributed by atoms with E-state index in [0.29, 0.717) is 0 Å². The lowest BCUT2D eigenvalue weighted by molar-refractivity contribution is -0.131. The minimum absolute atomic E-state index is 0.0477. The molecule has 0 aromatic heterocycles. The van der Waals surface area contributed by atoms with E-state index < -0.39 is 0 Å². The molecule has 0 rings (SSSR count). The van der Waals surface area contributed by atoms with Crippen molar-refractivity contribution in [3.05, 3.63) is 0 Å². The molecule has 0 aromatic carbocycles. The topological polar surface area (TPSA) is 46.3 Å². The van der Waals surface area contributed by atoms with Crippen molar-refractivity contribution in [3.8, 4) is 0 Å². The average Bonchev–Trinajstić information content (AvgIpc) is 2.21. The third-order valence-electron chi connectivity index (χ3n) is 2.81. The van der Waals surface area contributed by atoms with Gasteiger partial charge in [-0.15, -0.1) is 0 Å². The molecule has 0 aliphatic heterocycles. The Hall–Kier alpha value is -0.570. The van der Waals surface area contributed by atoms with Gasteiger partial charge in [0.25, 0.3) is 0 Å². The number of unbranched alkanes of at least 4 members (excludes halogenated alkanes) is 5. The zero-order valence-corrected chi connectivity index (χ0v) is 10.5. The first-order valence-electron chi connectivity index (χ1n) is 6.14. The quantitative estimate of drug-likeness (QED) is 0.292. The Morgan fingerprint density at radius 1 is 1.20 bits per heavy atom. The molecule has 0 aromatic rings. The summed E-state index contributed by atoms with van der Waals surface area (Å²) in [7, 11) is 0. The molecular weight excluding hydrogens is 188 g/mol. The molecule has 0 heterocycles. The highest BCUT2D eigenvalue weighted by Gasteiger charge is 2.11. The molecule has 15 heavy (non-hydrogen) atoms. The number of hydrogen-bond donors (Lipinski definition) is 1. The Morgan fingerprint density at radius 2 is 1.73 bits per heavy atom. The molecule has 3 heteroatoms. The molecule has 1 amide bonds. The van der Waals surface area contributed by atoms with Crippen LogP contribution in [0.25, 0.3) is 0 Å². The number of nitrogens with two attached hydrogens (primary N) is 1. The molecular formula is C12H26N2O. The van der Waals surface area contributed by atoms with Gasteiger partial charge < -0.3 is 0 Å². The van der Waals surface area contributed by atoms with E-state index in [1.165, 1.54) is 50.5 Å². The molecule has 0 saturated carbocycles. The van der Waals surface area contributed by atoms with Crippen LogP contribution < -0.4 is 5.84 Å². The molecule has 0 radical (unpaired) electrons. The zero-order valence-electron chi connectivity index (χ0n) is 10.5. The van der Waals surface area contributed by atoms with Crippen molar-refractivity contribution in [3.63, 3.8) is 0 Å². The molecule has 0 aliphatic rings. The first-order valence-corrected chi connectivity index (χ1v) is 6.14. The van der Waals surface area contributed by atoms with E-state index in [4.69, 9.17) is 5.84 Å². The summed E-state index contributed by atoms with van der Waals surface area (Å²) in [6, 6.07) is 0.175. The van der Waals surface area contributed by atoms with E-state index in [1.54, 1.807) is 0 Å². The van der Waals surface area contributed by atoms with Crippen molar-refractivity contribution in [2.24, 2.45) is 5.84 Å². The predicted molar refractivity (Wildman–Crippen MR) is 64.2 cm³/mol. The van der Waals surface area contributed by atoms with E-state index >= 15 is 0 Å². The standard InChI is InChI=1S/C12H26N2O/c1-4-5-6-7-8-9-10-11(2)14(13)12(3)15/h11H,4-10,13H2,1-3H3. The predicted octanol–water partition coefficient (Wildman–Crippen LogP) is 2.85. The first-order chi connectivity index (χ1) is 7.09. The molecule has 1 unspecified atom stereocenters. The van der Waals surface area contributed by atoms with Crippen LogP contribution in [0.5, 0.6) is 0 Å². The second kappa shape index (κ2) is 8.72. The largest absolute Gasteiger partial charge is 0.278 e. The Balaban J connectivity index is 3.38. The van der Waals surface area contributed by atoms with Crippen LogP contribution in [-0.2, 0) is 4.79 Å². The highest BCUT2D eigenvalue weighted by atomic mass is 16.2. The monoisotopic (exact) mass is 214 g/mol. The minimum Gasteiger partial charge on any atom is -0.278 e. The maximum absolute atomic E-state index is 11.0. The van der Waals surface area contributed by atoms with Gasteiger partial charge in [-0.1, -0.05) is 45.4 Å². The smallest absolute Gasteiger partial charge is 0.233 e. The minimum atomic E-state index is -0.0477. The number of amides is 1. The van der Waals surface area contributed by atoms with Crippen LogP contribution in [0.4, 0.5) is 0 Å². The average molecular weight is 214 g/mol.